The van der Waals surface area contributed by atoms with Gasteiger partial charge in [-0.15, -0.1) is 5.10 Å². The van der Waals surface area contributed by atoms with Gasteiger partial charge >= 0.3 is 0 Å². The molecule has 0 aliphatic carbocycles. The summed E-state index contributed by atoms with van der Waals surface area (Å²) >= 11 is 0. The third kappa shape index (κ3) is 4.72. The summed E-state index contributed by atoms with van der Waals surface area (Å²) in [6, 6.07) is 10.1. The summed E-state index contributed by atoms with van der Waals surface area (Å²) in [7, 11) is 2.03. The van der Waals surface area contributed by atoms with Gasteiger partial charge in [-0.3, -0.25) is 4.90 Å². The zero-order valence-electron chi connectivity index (χ0n) is 14.3. The summed E-state index contributed by atoms with van der Waals surface area (Å²) in [4.78, 5) is 9.19. The number of benzene rings is 1. The molecule has 0 saturated carbocycles. The van der Waals surface area contributed by atoms with Crippen LogP contribution in [-0.4, -0.2) is 66.5 Å². The minimum atomic E-state index is 0.683. The molecule has 1 aromatic carbocycles. The number of nitrogens with zero attached hydrogens (tertiary/aromatic N) is 5. The van der Waals surface area contributed by atoms with Crippen LogP contribution in [0.3, 0.4) is 0 Å². The smallest absolute Gasteiger partial charge is 0.245 e. The maximum atomic E-state index is 5.38. The van der Waals surface area contributed by atoms with Crippen LogP contribution in [0.5, 0.6) is 0 Å². The standard InChI is InChI=1S/C18H25N5O/c1-22(9-5-6-10-23-11-13-24-14-12-23)18-20-17(15-19-21-18)16-7-3-2-4-8-16/h2-4,7-8,15H,5-6,9-14H2,1H3. The van der Waals surface area contributed by atoms with E-state index < -0.39 is 0 Å². The van der Waals surface area contributed by atoms with Crippen LogP contribution in [0.15, 0.2) is 36.5 Å². The topological polar surface area (TPSA) is 54.4 Å². The first-order valence-electron chi connectivity index (χ1n) is 8.59. The Bertz CT molecular complexity index is 616. The SMILES string of the molecule is CN(CCCCN1CCOCC1)c1nncc(-c2ccccc2)n1. The van der Waals surface area contributed by atoms with Crippen molar-refractivity contribution in [3.63, 3.8) is 0 Å². The van der Waals surface area contributed by atoms with Gasteiger partial charge in [0.05, 0.1) is 25.1 Å². The van der Waals surface area contributed by atoms with Gasteiger partial charge in [-0.05, 0) is 19.4 Å². The summed E-state index contributed by atoms with van der Waals surface area (Å²) in [6.45, 7) is 5.92. The third-order valence-corrected chi connectivity index (χ3v) is 4.28. The van der Waals surface area contributed by atoms with Crippen LogP contribution in [0, 0.1) is 0 Å². The normalized spacial score (nSPS) is 15.4. The first kappa shape index (κ1) is 16.8. The van der Waals surface area contributed by atoms with E-state index in [4.69, 9.17) is 4.74 Å². The van der Waals surface area contributed by atoms with Crippen LogP contribution < -0.4 is 4.90 Å². The monoisotopic (exact) mass is 327 g/mol. The first-order chi connectivity index (χ1) is 11.8. The number of unbranched alkanes of at least 4 members (excludes halogenated alkanes) is 1. The molecule has 2 aromatic rings. The largest absolute Gasteiger partial charge is 0.379 e. The molecule has 1 aliphatic heterocycles. The van der Waals surface area contributed by atoms with Crippen LogP contribution in [0.2, 0.25) is 0 Å². The molecule has 0 unspecified atom stereocenters. The second kappa shape index (κ2) is 8.70. The van der Waals surface area contributed by atoms with Gasteiger partial charge in [0.25, 0.3) is 0 Å². The van der Waals surface area contributed by atoms with Gasteiger partial charge in [0.2, 0.25) is 5.95 Å². The Labute approximate surface area is 143 Å². The summed E-state index contributed by atoms with van der Waals surface area (Å²) in [5.41, 5.74) is 1.93. The second-order valence-electron chi connectivity index (χ2n) is 6.09. The Morgan fingerprint density at radius 1 is 1.12 bits per heavy atom. The van der Waals surface area contributed by atoms with Crippen molar-refractivity contribution in [2.75, 3.05) is 51.3 Å². The van der Waals surface area contributed by atoms with Crippen molar-refractivity contribution < 1.29 is 4.74 Å². The fourth-order valence-corrected chi connectivity index (χ4v) is 2.81. The minimum Gasteiger partial charge on any atom is -0.379 e. The average molecular weight is 327 g/mol. The highest BCUT2D eigenvalue weighted by Gasteiger charge is 2.11. The molecule has 1 aromatic heterocycles. The fraction of sp³-hybridized carbons (Fsp3) is 0.500. The molecule has 0 bridgehead atoms. The summed E-state index contributed by atoms with van der Waals surface area (Å²) in [5.74, 6) is 0.683. The van der Waals surface area contributed by atoms with E-state index in [0.29, 0.717) is 5.95 Å². The molecule has 2 heterocycles. The maximum Gasteiger partial charge on any atom is 0.245 e. The van der Waals surface area contributed by atoms with Gasteiger partial charge in [-0.25, -0.2) is 4.98 Å². The Morgan fingerprint density at radius 2 is 1.92 bits per heavy atom. The molecule has 6 heteroatoms. The predicted octanol–water partition coefficient (Wildman–Crippen LogP) is 2.09. The number of ether oxygens (including phenoxy) is 1. The number of morpholine rings is 1. The quantitative estimate of drug-likeness (QED) is 0.726. The van der Waals surface area contributed by atoms with Crippen LogP contribution in [-0.2, 0) is 4.74 Å². The zero-order chi connectivity index (χ0) is 16.6. The lowest BCUT2D eigenvalue weighted by molar-refractivity contribution is 0.0372. The van der Waals surface area contributed by atoms with E-state index in [-0.39, 0.29) is 0 Å². The van der Waals surface area contributed by atoms with E-state index in [2.05, 4.69) is 25.0 Å². The van der Waals surface area contributed by atoms with E-state index in [1.54, 1.807) is 6.20 Å². The number of rotatable bonds is 7. The highest BCUT2D eigenvalue weighted by molar-refractivity contribution is 5.58. The lowest BCUT2D eigenvalue weighted by Gasteiger charge is -2.26. The minimum absolute atomic E-state index is 0.683. The number of anilines is 1. The summed E-state index contributed by atoms with van der Waals surface area (Å²) in [5, 5.41) is 8.28. The van der Waals surface area contributed by atoms with Crippen LogP contribution >= 0.6 is 0 Å². The molecule has 0 N–H and O–H groups in total. The van der Waals surface area contributed by atoms with Crippen molar-refractivity contribution in [1.29, 1.82) is 0 Å². The van der Waals surface area contributed by atoms with Crippen molar-refractivity contribution in [1.82, 2.24) is 20.1 Å². The third-order valence-electron chi connectivity index (χ3n) is 4.28. The highest BCUT2D eigenvalue weighted by atomic mass is 16.5. The number of aromatic nitrogens is 3. The van der Waals surface area contributed by atoms with Gasteiger partial charge < -0.3 is 9.64 Å². The Hall–Kier alpha value is -2.05. The van der Waals surface area contributed by atoms with Gasteiger partial charge in [-0.2, -0.15) is 5.10 Å². The van der Waals surface area contributed by atoms with Crippen molar-refractivity contribution in [3.8, 4) is 11.3 Å². The highest BCUT2D eigenvalue weighted by Crippen LogP contribution is 2.17. The van der Waals surface area contributed by atoms with E-state index in [9.17, 15) is 0 Å². The van der Waals surface area contributed by atoms with Gasteiger partial charge in [0.1, 0.15) is 0 Å². The van der Waals surface area contributed by atoms with Crippen molar-refractivity contribution in [3.05, 3.63) is 36.5 Å². The number of hydrogen-bond donors (Lipinski definition) is 0. The lowest BCUT2D eigenvalue weighted by atomic mass is 10.2. The molecule has 0 radical (unpaired) electrons. The van der Waals surface area contributed by atoms with E-state index in [1.807, 2.05) is 37.4 Å². The molecule has 24 heavy (non-hydrogen) atoms. The zero-order valence-corrected chi connectivity index (χ0v) is 14.3. The van der Waals surface area contributed by atoms with Crippen molar-refractivity contribution in [2.24, 2.45) is 0 Å². The lowest BCUT2D eigenvalue weighted by Crippen LogP contribution is -2.37. The van der Waals surface area contributed by atoms with Crippen LogP contribution in [0.1, 0.15) is 12.8 Å². The molecule has 128 valence electrons. The fourth-order valence-electron chi connectivity index (χ4n) is 2.81. The Balaban J connectivity index is 1.49. The second-order valence-corrected chi connectivity index (χ2v) is 6.09. The molecule has 1 fully saturated rings. The maximum absolute atomic E-state index is 5.38. The summed E-state index contributed by atoms with van der Waals surface area (Å²) in [6.07, 6.45) is 4.01. The molecule has 1 saturated heterocycles. The Kier molecular flexibility index (Phi) is 6.09. The molecular formula is C18H25N5O. The summed E-state index contributed by atoms with van der Waals surface area (Å²) < 4.78 is 5.38. The van der Waals surface area contributed by atoms with Crippen molar-refractivity contribution in [2.45, 2.75) is 12.8 Å². The predicted molar refractivity (Wildman–Crippen MR) is 95.0 cm³/mol. The van der Waals surface area contributed by atoms with E-state index >= 15 is 0 Å². The van der Waals surface area contributed by atoms with E-state index in [0.717, 1.165) is 57.1 Å². The molecular weight excluding hydrogens is 302 g/mol. The van der Waals surface area contributed by atoms with E-state index in [1.165, 1.54) is 6.42 Å². The van der Waals surface area contributed by atoms with Gasteiger partial charge in [0.15, 0.2) is 0 Å². The molecule has 0 atom stereocenters. The molecule has 6 nitrogen and oxygen atoms in total. The van der Waals surface area contributed by atoms with Crippen LogP contribution in [0.4, 0.5) is 5.95 Å². The molecule has 1 aliphatic rings. The van der Waals surface area contributed by atoms with Gasteiger partial charge in [0, 0.05) is 32.2 Å². The first-order valence-corrected chi connectivity index (χ1v) is 8.59. The molecule has 0 spiro atoms. The molecule has 0 amide bonds. The van der Waals surface area contributed by atoms with Gasteiger partial charge in [-0.1, -0.05) is 30.3 Å². The van der Waals surface area contributed by atoms with Crippen LogP contribution in [0.25, 0.3) is 11.3 Å². The Morgan fingerprint density at radius 3 is 2.71 bits per heavy atom. The number of hydrogen-bond acceptors (Lipinski definition) is 6. The molecule has 3 rings (SSSR count). The average Bonchev–Trinajstić information content (AvgIpc) is 2.67. The van der Waals surface area contributed by atoms with Crippen molar-refractivity contribution >= 4 is 5.95 Å².